The second kappa shape index (κ2) is 5.06. The first-order chi connectivity index (χ1) is 8.89. The van der Waals surface area contributed by atoms with Gasteiger partial charge in [-0.05, 0) is 34.2 Å². The molecular formula is C17H21NO. The maximum Gasteiger partial charge on any atom is 0.119 e. The van der Waals surface area contributed by atoms with Gasteiger partial charge in [-0.2, -0.15) is 0 Å². The Bertz CT molecular complexity index is 555. The third-order valence-corrected chi connectivity index (χ3v) is 3.35. The van der Waals surface area contributed by atoms with Gasteiger partial charge in [0.15, 0.2) is 0 Å². The fraction of sp³-hybridized carbons (Fsp3) is 0.294. The van der Waals surface area contributed by atoms with Crippen molar-refractivity contribution in [3.05, 3.63) is 65.2 Å². The van der Waals surface area contributed by atoms with Crippen molar-refractivity contribution in [2.24, 2.45) is 5.73 Å². The monoisotopic (exact) mass is 255 g/mol. The number of hydrogen-bond donors (Lipinski definition) is 2. The van der Waals surface area contributed by atoms with E-state index in [4.69, 9.17) is 5.73 Å². The van der Waals surface area contributed by atoms with Crippen LogP contribution in [-0.2, 0) is 5.41 Å². The number of aromatic hydroxyl groups is 1. The molecule has 2 rings (SSSR count). The van der Waals surface area contributed by atoms with E-state index in [-0.39, 0.29) is 11.5 Å². The van der Waals surface area contributed by atoms with Crippen LogP contribution in [0.5, 0.6) is 5.75 Å². The van der Waals surface area contributed by atoms with Crippen LogP contribution in [-0.4, -0.2) is 5.11 Å². The van der Waals surface area contributed by atoms with Crippen molar-refractivity contribution >= 4 is 0 Å². The summed E-state index contributed by atoms with van der Waals surface area (Å²) in [4.78, 5) is 0. The van der Waals surface area contributed by atoms with Crippen molar-refractivity contribution in [1.29, 1.82) is 0 Å². The molecule has 2 aromatic rings. The van der Waals surface area contributed by atoms with Crippen LogP contribution in [0.3, 0.4) is 0 Å². The summed E-state index contributed by atoms with van der Waals surface area (Å²) in [6.45, 7) is 6.25. The Morgan fingerprint density at radius 1 is 0.947 bits per heavy atom. The van der Waals surface area contributed by atoms with E-state index >= 15 is 0 Å². The lowest BCUT2D eigenvalue weighted by Crippen LogP contribution is -2.15. The highest BCUT2D eigenvalue weighted by molar-refractivity contribution is 5.43. The Kier molecular flexibility index (Phi) is 3.63. The lowest BCUT2D eigenvalue weighted by Gasteiger charge is -2.23. The van der Waals surface area contributed by atoms with Crippen LogP contribution in [0, 0.1) is 0 Å². The Balaban J connectivity index is 2.42. The normalized spacial score (nSPS) is 13.3. The Labute approximate surface area is 114 Å². The summed E-state index contributed by atoms with van der Waals surface area (Å²) in [7, 11) is 0. The van der Waals surface area contributed by atoms with E-state index in [0.29, 0.717) is 5.75 Å². The van der Waals surface area contributed by atoms with Gasteiger partial charge in [-0.25, -0.2) is 0 Å². The largest absolute Gasteiger partial charge is 0.508 e. The van der Waals surface area contributed by atoms with Gasteiger partial charge in [-0.3, -0.25) is 0 Å². The molecule has 1 unspecified atom stereocenters. The van der Waals surface area contributed by atoms with Crippen molar-refractivity contribution in [2.75, 3.05) is 0 Å². The molecule has 0 bridgehead atoms. The smallest absolute Gasteiger partial charge is 0.119 e. The fourth-order valence-electron chi connectivity index (χ4n) is 2.20. The van der Waals surface area contributed by atoms with Gasteiger partial charge in [0.25, 0.3) is 0 Å². The first-order valence-corrected chi connectivity index (χ1v) is 6.53. The summed E-state index contributed by atoms with van der Waals surface area (Å²) in [5.41, 5.74) is 9.22. The topological polar surface area (TPSA) is 46.2 Å². The van der Waals surface area contributed by atoms with Crippen LogP contribution in [0.4, 0.5) is 0 Å². The molecule has 0 amide bonds. The van der Waals surface area contributed by atoms with E-state index in [9.17, 15) is 5.11 Å². The fourth-order valence-corrected chi connectivity index (χ4v) is 2.20. The van der Waals surface area contributed by atoms with E-state index in [2.05, 4.69) is 20.8 Å². The zero-order valence-corrected chi connectivity index (χ0v) is 11.7. The minimum atomic E-state index is -0.164. The van der Waals surface area contributed by atoms with E-state index < -0.39 is 0 Å². The van der Waals surface area contributed by atoms with E-state index in [1.54, 1.807) is 6.07 Å². The molecule has 2 aromatic carbocycles. The molecule has 0 aliphatic carbocycles. The Morgan fingerprint density at radius 2 is 1.58 bits per heavy atom. The maximum atomic E-state index is 9.98. The molecule has 0 aliphatic rings. The number of hydrogen-bond acceptors (Lipinski definition) is 2. The number of phenolic OH excluding ortho intramolecular Hbond substituents is 1. The van der Waals surface area contributed by atoms with Crippen molar-refractivity contribution in [2.45, 2.75) is 32.2 Å². The van der Waals surface area contributed by atoms with Gasteiger partial charge in [-0.15, -0.1) is 0 Å². The summed E-state index contributed by atoms with van der Waals surface area (Å²) in [6, 6.07) is 15.5. The van der Waals surface area contributed by atoms with Gasteiger partial charge >= 0.3 is 0 Å². The Morgan fingerprint density at radius 3 is 2.16 bits per heavy atom. The minimum absolute atomic E-state index is 0.101. The quantitative estimate of drug-likeness (QED) is 0.858. The van der Waals surface area contributed by atoms with Crippen LogP contribution in [0.2, 0.25) is 0 Å². The van der Waals surface area contributed by atoms with Gasteiger partial charge in [0.05, 0.1) is 6.04 Å². The minimum Gasteiger partial charge on any atom is -0.508 e. The van der Waals surface area contributed by atoms with E-state index in [1.165, 1.54) is 0 Å². The SMILES string of the molecule is CC(C)(C)c1cc(C(N)c2ccccc2)ccc1O. The van der Waals surface area contributed by atoms with Crippen LogP contribution < -0.4 is 5.73 Å². The summed E-state index contributed by atoms with van der Waals surface area (Å²) < 4.78 is 0. The molecule has 19 heavy (non-hydrogen) atoms. The summed E-state index contributed by atoms with van der Waals surface area (Å²) in [6.07, 6.45) is 0. The lowest BCUT2D eigenvalue weighted by molar-refractivity contribution is 0.446. The zero-order valence-electron chi connectivity index (χ0n) is 11.7. The van der Waals surface area contributed by atoms with Crippen LogP contribution >= 0.6 is 0 Å². The second-order valence-electron chi connectivity index (χ2n) is 5.91. The average molecular weight is 255 g/mol. The van der Waals surface area contributed by atoms with Crippen LogP contribution in [0.25, 0.3) is 0 Å². The van der Waals surface area contributed by atoms with Crippen LogP contribution in [0.1, 0.15) is 43.5 Å². The average Bonchev–Trinajstić information content (AvgIpc) is 2.38. The molecule has 0 radical (unpaired) electrons. The Hall–Kier alpha value is -1.80. The number of phenols is 1. The van der Waals surface area contributed by atoms with Gasteiger partial charge < -0.3 is 10.8 Å². The van der Waals surface area contributed by atoms with Crippen molar-refractivity contribution in [1.82, 2.24) is 0 Å². The molecule has 0 fully saturated rings. The first kappa shape index (κ1) is 13.6. The van der Waals surface area contributed by atoms with Crippen molar-refractivity contribution < 1.29 is 5.11 Å². The molecule has 1 atom stereocenters. The summed E-state index contributed by atoms with van der Waals surface area (Å²) >= 11 is 0. The maximum absolute atomic E-state index is 9.98. The first-order valence-electron chi connectivity index (χ1n) is 6.53. The molecule has 0 saturated heterocycles. The molecule has 0 heterocycles. The molecular weight excluding hydrogens is 234 g/mol. The van der Waals surface area contributed by atoms with Gasteiger partial charge in [-0.1, -0.05) is 57.2 Å². The van der Waals surface area contributed by atoms with Gasteiger partial charge in [0.1, 0.15) is 5.75 Å². The lowest BCUT2D eigenvalue weighted by atomic mass is 9.84. The number of rotatable bonds is 2. The second-order valence-corrected chi connectivity index (χ2v) is 5.91. The molecule has 3 N–H and O–H groups in total. The number of nitrogens with two attached hydrogens (primary N) is 1. The molecule has 0 saturated carbocycles. The summed E-state index contributed by atoms with van der Waals surface area (Å²) in [5, 5.41) is 9.98. The predicted octanol–water partition coefficient (Wildman–Crippen LogP) is 3.74. The van der Waals surface area contributed by atoms with Crippen molar-refractivity contribution in [3.8, 4) is 5.75 Å². The highest BCUT2D eigenvalue weighted by Crippen LogP contribution is 2.33. The third kappa shape index (κ3) is 2.96. The molecule has 0 spiro atoms. The van der Waals surface area contributed by atoms with Gasteiger partial charge in [0, 0.05) is 0 Å². The molecule has 0 aromatic heterocycles. The predicted molar refractivity (Wildman–Crippen MR) is 79.3 cm³/mol. The third-order valence-electron chi connectivity index (χ3n) is 3.35. The zero-order chi connectivity index (χ0) is 14.0. The van der Waals surface area contributed by atoms with Gasteiger partial charge in [0.2, 0.25) is 0 Å². The number of benzene rings is 2. The highest BCUT2D eigenvalue weighted by Gasteiger charge is 2.20. The molecule has 100 valence electrons. The molecule has 2 heteroatoms. The van der Waals surface area contributed by atoms with E-state index in [0.717, 1.165) is 16.7 Å². The van der Waals surface area contributed by atoms with E-state index in [1.807, 2.05) is 42.5 Å². The summed E-state index contributed by atoms with van der Waals surface area (Å²) in [5.74, 6) is 0.330. The highest BCUT2D eigenvalue weighted by atomic mass is 16.3. The molecule has 0 aliphatic heterocycles. The molecule has 2 nitrogen and oxygen atoms in total. The van der Waals surface area contributed by atoms with Crippen LogP contribution in [0.15, 0.2) is 48.5 Å². The standard InChI is InChI=1S/C17H21NO/c1-17(2,3)14-11-13(9-10-15(14)19)16(18)12-7-5-4-6-8-12/h4-11,16,19H,18H2,1-3H3. The van der Waals surface area contributed by atoms with Crippen molar-refractivity contribution in [3.63, 3.8) is 0 Å².